The van der Waals surface area contributed by atoms with Gasteiger partial charge in [0.1, 0.15) is 5.75 Å². The van der Waals surface area contributed by atoms with Gasteiger partial charge in [0.25, 0.3) is 0 Å². The first kappa shape index (κ1) is 16.3. The van der Waals surface area contributed by atoms with Crippen LogP contribution >= 0.6 is 0 Å². The summed E-state index contributed by atoms with van der Waals surface area (Å²) in [5.74, 6) is 0.580. The molecule has 0 saturated heterocycles. The van der Waals surface area contributed by atoms with E-state index in [1.165, 1.54) is 39.0 Å². The standard InChI is InChI=1S/C16H26N2O2/c1-4-5-6-7-8-11-17-14-9-10-15(18-13(2)19)16(12-14)20-3/h9-10,12,17H,4-8,11H2,1-3H3,(H,18,19). The molecule has 0 aliphatic heterocycles. The molecule has 20 heavy (non-hydrogen) atoms. The van der Waals surface area contributed by atoms with Crippen molar-refractivity contribution >= 4 is 17.3 Å². The van der Waals surface area contributed by atoms with Crippen molar-refractivity contribution in [3.8, 4) is 5.75 Å². The molecule has 0 aliphatic carbocycles. The average molecular weight is 278 g/mol. The summed E-state index contributed by atoms with van der Waals surface area (Å²) in [6, 6.07) is 5.73. The smallest absolute Gasteiger partial charge is 0.221 e. The summed E-state index contributed by atoms with van der Waals surface area (Å²) in [6.07, 6.45) is 6.34. The number of anilines is 2. The van der Waals surface area contributed by atoms with Gasteiger partial charge in [-0.15, -0.1) is 0 Å². The predicted molar refractivity (Wildman–Crippen MR) is 84.5 cm³/mol. The number of hydrogen-bond donors (Lipinski definition) is 2. The second kappa shape index (κ2) is 9.23. The maximum atomic E-state index is 11.1. The van der Waals surface area contributed by atoms with Gasteiger partial charge in [-0.2, -0.15) is 0 Å². The fourth-order valence-electron chi connectivity index (χ4n) is 2.06. The maximum Gasteiger partial charge on any atom is 0.221 e. The van der Waals surface area contributed by atoms with Crippen LogP contribution < -0.4 is 15.4 Å². The molecule has 1 amide bonds. The van der Waals surface area contributed by atoms with Crippen LogP contribution in [-0.2, 0) is 4.79 Å². The van der Waals surface area contributed by atoms with Gasteiger partial charge in [-0.25, -0.2) is 0 Å². The summed E-state index contributed by atoms with van der Waals surface area (Å²) in [5, 5.41) is 6.13. The number of carbonyl (C=O) groups excluding carboxylic acids is 1. The van der Waals surface area contributed by atoms with Crippen molar-refractivity contribution in [3.05, 3.63) is 18.2 Å². The number of rotatable bonds is 9. The highest BCUT2D eigenvalue weighted by Gasteiger charge is 2.05. The molecule has 0 atom stereocenters. The minimum Gasteiger partial charge on any atom is -0.494 e. The molecule has 0 bridgehead atoms. The molecule has 0 spiro atoms. The van der Waals surface area contributed by atoms with E-state index in [0.717, 1.165) is 12.2 Å². The maximum absolute atomic E-state index is 11.1. The van der Waals surface area contributed by atoms with E-state index in [1.54, 1.807) is 7.11 Å². The highest BCUT2D eigenvalue weighted by atomic mass is 16.5. The molecule has 1 aromatic rings. The normalized spacial score (nSPS) is 10.2. The largest absolute Gasteiger partial charge is 0.494 e. The molecule has 0 saturated carbocycles. The van der Waals surface area contributed by atoms with Crippen LogP contribution in [0.25, 0.3) is 0 Å². The summed E-state index contributed by atoms with van der Waals surface area (Å²) >= 11 is 0. The van der Waals surface area contributed by atoms with Gasteiger partial charge in [0.15, 0.2) is 0 Å². The van der Waals surface area contributed by atoms with Gasteiger partial charge in [0.2, 0.25) is 5.91 Å². The Morgan fingerprint density at radius 1 is 1.20 bits per heavy atom. The Morgan fingerprint density at radius 3 is 2.60 bits per heavy atom. The Balaban J connectivity index is 2.45. The topological polar surface area (TPSA) is 50.4 Å². The van der Waals surface area contributed by atoms with E-state index in [1.807, 2.05) is 18.2 Å². The molecule has 1 rings (SSSR count). The van der Waals surface area contributed by atoms with Crippen molar-refractivity contribution < 1.29 is 9.53 Å². The first-order valence-corrected chi connectivity index (χ1v) is 7.37. The number of amides is 1. The lowest BCUT2D eigenvalue weighted by molar-refractivity contribution is -0.114. The number of hydrogen-bond acceptors (Lipinski definition) is 3. The molecule has 4 heteroatoms. The highest BCUT2D eigenvalue weighted by molar-refractivity contribution is 5.90. The lowest BCUT2D eigenvalue weighted by Gasteiger charge is -2.12. The van der Waals surface area contributed by atoms with Crippen molar-refractivity contribution in [2.24, 2.45) is 0 Å². The molecule has 0 unspecified atom stereocenters. The van der Waals surface area contributed by atoms with Crippen LogP contribution in [0.4, 0.5) is 11.4 Å². The molecule has 1 aromatic carbocycles. The van der Waals surface area contributed by atoms with Crippen LogP contribution in [0, 0.1) is 0 Å². The van der Waals surface area contributed by atoms with E-state index < -0.39 is 0 Å². The molecule has 112 valence electrons. The number of methoxy groups -OCH3 is 1. The summed E-state index contributed by atoms with van der Waals surface area (Å²) in [5.41, 5.74) is 1.72. The van der Waals surface area contributed by atoms with Gasteiger partial charge in [0, 0.05) is 25.2 Å². The van der Waals surface area contributed by atoms with Gasteiger partial charge in [-0.3, -0.25) is 4.79 Å². The second-order valence-corrected chi connectivity index (χ2v) is 4.94. The third kappa shape index (κ3) is 5.95. The number of nitrogens with one attached hydrogen (secondary N) is 2. The minimum atomic E-state index is -0.0973. The lowest BCUT2D eigenvalue weighted by Crippen LogP contribution is -2.08. The number of benzene rings is 1. The first-order chi connectivity index (χ1) is 9.67. The van der Waals surface area contributed by atoms with Gasteiger partial charge >= 0.3 is 0 Å². The fraction of sp³-hybridized carbons (Fsp3) is 0.562. The Morgan fingerprint density at radius 2 is 1.95 bits per heavy atom. The molecule has 0 aliphatic rings. The molecular weight excluding hydrogens is 252 g/mol. The number of unbranched alkanes of at least 4 members (excludes halogenated alkanes) is 4. The zero-order chi connectivity index (χ0) is 14.8. The van der Waals surface area contributed by atoms with E-state index in [2.05, 4.69) is 17.6 Å². The Bertz CT molecular complexity index is 419. The summed E-state index contributed by atoms with van der Waals surface area (Å²) < 4.78 is 5.29. The lowest BCUT2D eigenvalue weighted by atomic mass is 10.1. The second-order valence-electron chi connectivity index (χ2n) is 4.94. The van der Waals surface area contributed by atoms with Crippen LogP contribution in [0.2, 0.25) is 0 Å². The predicted octanol–water partition coefficient (Wildman–Crippen LogP) is 4.04. The Hall–Kier alpha value is -1.71. The van der Waals surface area contributed by atoms with Gasteiger partial charge in [0.05, 0.1) is 12.8 Å². The third-order valence-corrected chi connectivity index (χ3v) is 3.12. The molecule has 2 N–H and O–H groups in total. The number of carbonyl (C=O) groups is 1. The average Bonchev–Trinajstić information content (AvgIpc) is 2.43. The molecule has 0 heterocycles. The van der Waals surface area contributed by atoms with E-state index in [-0.39, 0.29) is 5.91 Å². The van der Waals surface area contributed by atoms with Crippen molar-refractivity contribution in [1.82, 2.24) is 0 Å². The van der Waals surface area contributed by atoms with Crippen LogP contribution in [-0.4, -0.2) is 19.6 Å². The van der Waals surface area contributed by atoms with Crippen molar-refractivity contribution in [3.63, 3.8) is 0 Å². The molecule has 4 nitrogen and oxygen atoms in total. The van der Waals surface area contributed by atoms with Gasteiger partial charge < -0.3 is 15.4 Å². The van der Waals surface area contributed by atoms with Crippen LogP contribution in [0.1, 0.15) is 46.0 Å². The quantitative estimate of drug-likeness (QED) is 0.670. The summed E-state index contributed by atoms with van der Waals surface area (Å²) in [4.78, 5) is 11.1. The summed E-state index contributed by atoms with van der Waals surface area (Å²) in [6.45, 7) is 4.68. The van der Waals surface area contributed by atoms with Gasteiger partial charge in [-0.05, 0) is 18.6 Å². The molecule has 0 aromatic heterocycles. The number of ether oxygens (including phenoxy) is 1. The minimum absolute atomic E-state index is 0.0973. The Labute approximate surface area is 121 Å². The van der Waals surface area contributed by atoms with E-state index in [4.69, 9.17) is 4.74 Å². The first-order valence-electron chi connectivity index (χ1n) is 7.37. The Kier molecular flexibility index (Phi) is 7.55. The van der Waals surface area contributed by atoms with Crippen LogP contribution in [0.3, 0.4) is 0 Å². The highest BCUT2D eigenvalue weighted by Crippen LogP contribution is 2.27. The molecule has 0 radical (unpaired) electrons. The molecular formula is C16H26N2O2. The van der Waals surface area contributed by atoms with Gasteiger partial charge in [-0.1, -0.05) is 32.6 Å². The van der Waals surface area contributed by atoms with Crippen molar-refractivity contribution in [2.75, 3.05) is 24.3 Å². The van der Waals surface area contributed by atoms with E-state index in [0.29, 0.717) is 11.4 Å². The third-order valence-electron chi connectivity index (χ3n) is 3.12. The SMILES string of the molecule is CCCCCCCNc1ccc(NC(C)=O)c(OC)c1. The van der Waals surface area contributed by atoms with Crippen LogP contribution in [0.15, 0.2) is 18.2 Å². The monoisotopic (exact) mass is 278 g/mol. The van der Waals surface area contributed by atoms with Crippen molar-refractivity contribution in [2.45, 2.75) is 46.0 Å². The zero-order valence-electron chi connectivity index (χ0n) is 12.8. The zero-order valence-corrected chi connectivity index (χ0v) is 12.8. The molecule has 0 fully saturated rings. The van der Waals surface area contributed by atoms with Crippen molar-refractivity contribution in [1.29, 1.82) is 0 Å². The van der Waals surface area contributed by atoms with E-state index >= 15 is 0 Å². The van der Waals surface area contributed by atoms with Crippen LogP contribution in [0.5, 0.6) is 5.75 Å². The van der Waals surface area contributed by atoms with E-state index in [9.17, 15) is 4.79 Å². The fourth-order valence-corrected chi connectivity index (χ4v) is 2.06. The summed E-state index contributed by atoms with van der Waals surface area (Å²) in [7, 11) is 1.61.